The summed E-state index contributed by atoms with van der Waals surface area (Å²) < 4.78 is 28.3. The van der Waals surface area contributed by atoms with Crippen molar-refractivity contribution >= 4 is 10.2 Å². The maximum atomic E-state index is 12.6. The molecule has 0 aromatic rings. The van der Waals surface area contributed by atoms with E-state index in [1.54, 1.807) is 15.7 Å². The quantitative estimate of drug-likeness (QED) is 0.833. The van der Waals surface area contributed by atoms with Crippen molar-refractivity contribution < 1.29 is 8.42 Å². The second-order valence-electron chi connectivity index (χ2n) is 5.62. The molecule has 2 unspecified atom stereocenters. The van der Waals surface area contributed by atoms with E-state index >= 15 is 0 Å². The summed E-state index contributed by atoms with van der Waals surface area (Å²) in [5, 5.41) is 0. The zero-order valence-electron chi connectivity index (χ0n) is 11.4. The third-order valence-corrected chi connectivity index (χ3v) is 6.64. The minimum absolute atomic E-state index is 0.0282. The molecule has 2 rings (SSSR count). The summed E-state index contributed by atoms with van der Waals surface area (Å²) in [5.74, 6) is 0. The molecule has 0 radical (unpaired) electrons. The van der Waals surface area contributed by atoms with Crippen LogP contribution in [0.2, 0.25) is 0 Å². The lowest BCUT2D eigenvalue weighted by Gasteiger charge is -2.34. The number of hydrogen-bond acceptors (Lipinski definition) is 3. The van der Waals surface area contributed by atoms with Gasteiger partial charge in [-0.2, -0.15) is 17.0 Å². The van der Waals surface area contributed by atoms with Crippen molar-refractivity contribution in [2.24, 2.45) is 5.73 Å². The molecule has 1 aliphatic heterocycles. The second-order valence-corrected chi connectivity index (χ2v) is 7.56. The fraction of sp³-hybridized carbons (Fsp3) is 1.00. The first kappa shape index (κ1) is 14.2. The molecular formula is C12H25N3O2S. The SMILES string of the molecule is CC1C(N)CCN1S(=O)(=O)N(C)C1CCCCC1. The summed E-state index contributed by atoms with van der Waals surface area (Å²) in [5.41, 5.74) is 5.92. The molecule has 0 amide bonds. The molecule has 1 heterocycles. The molecule has 2 aliphatic rings. The van der Waals surface area contributed by atoms with Crippen LogP contribution in [0.25, 0.3) is 0 Å². The summed E-state index contributed by atoms with van der Waals surface area (Å²) >= 11 is 0. The van der Waals surface area contributed by atoms with Crippen LogP contribution in [0.1, 0.15) is 45.4 Å². The Morgan fingerprint density at radius 2 is 1.78 bits per heavy atom. The van der Waals surface area contributed by atoms with Gasteiger partial charge in [-0.05, 0) is 26.2 Å². The average Bonchev–Trinajstić information content (AvgIpc) is 2.70. The molecule has 18 heavy (non-hydrogen) atoms. The van der Waals surface area contributed by atoms with Gasteiger partial charge in [0.25, 0.3) is 10.2 Å². The first-order valence-corrected chi connectivity index (χ1v) is 8.34. The van der Waals surface area contributed by atoms with Crippen LogP contribution >= 0.6 is 0 Å². The number of hydrogen-bond donors (Lipinski definition) is 1. The highest BCUT2D eigenvalue weighted by Crippen LogP contribution is 2.28. The number of rotatable bonds is 3. The van der Waals surface area contributed by atoms with E-state index in [9.17, 15) is 8.42 Å². The third kappa shape index (κ3) is 2.57. The molecular weight excluding hydrogens is 250 g/mol. The van der Waals surface area contributed by atoms with E-state index in [2.05, 4.69) is 0 Å². The van der Waals surface area contributed by atoms with E-state index in [0.29, 0.717) is 6.54 Å². The topological polar surface area (TPSA) is 66.6 Å². The van der Waals surface area contributed by atoms with Gasteiger partial charge in [0, 0.05) is 31.7 Å². The fourth-order valence-corrected chi connectivity index (χ4v) is 4.89. The van der Waals surface area contributed by atoms with E-state index in [0.717, 1.165) is 32.1 Å². The summed E-state index contributed by atoms with van der Waals surface area (Å²) in [4.78, 5) is 0. The van der Waals surface area contributed by atoms with Crippen LogP contribution in [-0.2, 0) is 10.2 Å². The standard InChI is InChI=1S/C12H25N3O2S/c1-10-12(13)8-9-15(10)18(16,17)14(2)11-6-4-3-5-7-11/h10-12H,3-9,13H2,1-2H3. The lowest BCUT2D eigenvalue weighted by atomic mass is 9.96. The molecule has 0 aromatic carbocycles. The molecule has 1 saturated carbocycles. The Hall–Kier alpha value is -0.170. The predicted octanol–water partition coefficient (Wildman–Crippen LogP) is 0.917. The molecule has 6 heteroatoms. The average molecular weight is 275 g/mol. The van der Waals surface area contributed by atoms with Gasteiger partial charge in [-0.25, -0.2) is 0 Å². The third-order valence-electron chi connectivity index (χ3n) is 4.51. The number of nitrogens with zero attached hydrogens (tertiary/aromatic N) is 2. The Morgan fingerprint density at radius 3 is 2.28 bits per heavy atom. The molecule has 0 spiro atoms. The van der Waals surface area contributed by atoms with Crippen molar-refractivity contribution in [1.29, 1.82) is 0 Å². The van der Waals surface area contributed by atoms with Gasteiger partial charge in [-0.3, -0.25) is 0 Å². The highest BCUT2D eigenvalue weighted by Gasteiger charge is 2.40. The summed E-state index contributed by atoms with van der Waals surface area (Å²) in [6.45, 7) is 2.46. The van der Waals surface area contributed by atoms with E-state index in [1.165, 1.54) is 6.42 Å². The van der Waals surface area contributed by atoms with Crippen molar-refractivity contribution in [3.63, 3.8) is 0 Å². The van der Waals surface area contributed by atoms with Gasteiger partial charge in [0.1, 0.15) is 0 Å². The van der Waals surface area contributed by atoms with Crippen LogP contribution in [0.4, 0.5) is 0 Å². The Balaban J connectivity index is 2.10. The highest BCUT2D eigenvalue weighted by molar-refractivity contribution is 7.86. The predicted molar refractivity (Wildman–Crippen MR) is 72.3 cm³/mol. The zero-order valence-corrected chi connectivity index (χ0v) is 12.2. The van der Waals surface area contributed by atoms with Gasteiger partial charge >= 0.3 is 0 Å². The van der Waals surface area contributed by atoms with E-state index in [-0.39, 0.29) is 18.1 Å². The van der Waals surface area contributed by atoms with Crippen LogP contribution in [0, 0.1) is 0 Å². The Labute approximate surface area is 110 Å². The van der Waals surface area contributed by atoms with E-state index in [1.807, 2.05) is 6.92 Å². The summed E-state index contributed by atoms with van der Waals surface area (Å²) in [6, 6.07) is 0.0633. The van der Waals surface area contributed by atoms with Crippen LogP contribution in [0.5, 0.6) is 0 Å². The first-order valence-electron chi connectivity index (χ1n) is 6.95. The molecule has 106 valence electrons. The van der Waals surface area contributed by atoms with Crippen molar-refractivity contribution in [3.8, 4) is 0 Å². The molecule has 1 aliphatic carbocycles. The lowest BCUT2D eigenvalue weighted by Crippen LogP contribution is -2.50. The fourth-order valence-electron chi connectivity index (χ4n) is 3.06. The van der Waals surface area contributed by atoms with Crippen LogP contribution < -0.4 is 5.73 Å². The zero-order chi connectivity index (χ0) is 13.3. The Bertz CT molecular complexity index is 379. The van der Waals surface area contributed by atoms with Crippen LogP contribution in [0.15, 0.2) is 0 Å². The Morgan fingerprint density at radius 1 is 1.17 bits per heavy atom. The minimum Gasteiger partial charge on any atom is -0.326 e. The minimum atomic E-state index is -3.33. The van der Waals surface area contributed by atoms with Crippen molar-refractivity contribution in [1.82, 2.24) is 8.61 Å². The smallest absolute Gasteiger partial charge is 0.282 e. The Kier molecular flexibility index (Phi) is 4.31. The van der Waals surface area contributed by atoms with Gasteiger partial charge in [0.2, 0.25) is 0 Å². The molecule has 2 atom stereocenters. The van der Waals surface area contributed by atoms with Gasteiger partial charge in [0.05, 0.1) is 0 Å². The monoisotopic (exact) mass is 275 g/mol. The van der Waals surface area contributed by atoms with Crippen molar-refractivity contribution in [2.75, 3.05) is 13.6 Å². The molecule has 2 N–H and O–H groups in total. The van der Waals surface area contributed by atoms with Crippen LogP contribution in [-0.4, -0.2) is 48.7 Å². The largest absolute Gasteiger partial charge is 0.326 e. The molecule has 5 nitrogen and oxygen atoms in total. The van der Waals surface area contributed by atoms with Crippen LogP contribution in [0.3, 0.4) is 0 Å². The lowest BCUT2D eigenvalue weighted by molar-refractivity contribution is 0.259. The van der Waals surface area contributed by atoms with Gasteiger partial charge in [-0.1, -0.05) is 19.3 Å². The first-order chi connectivity index (χ1) is 8.44. The highest BCUT2D eigenvalue weighted by atomic mass is 32.2. The van der Waals surface area contributed by atoms with E-state index in [4.69, 9.17) is 5.73 Å². The summed E-state index contributed by atoms with van der Waals surface area (Å²) in [6.07, 6.45) is 6.25. The molecule has 0 bridgehead atoms. The van der Waals surface area contributed by atoms with Gasteiger partial charge in [-0.15, -0.1) is 0 Å². The van der Waals surface area contributed by atoms with E-state index < -0.39 is 10.2 Å². The van der Waals surface area contributed by atoms with Gasteiger partial charge in [0.15, 0.2) is 0 Å². The van der Waals surface area contributed by atoms with Crippen molar-refractivity contribution in [2.45, 2.75) is 63.6 Å². The summed E-state index contributed by atoms with van der Waals surface area (Å²) in [7, 11) is -1.61. The normalized spacial score (nSPS) is 32.2. The van der Waals surface area contributed by atoms with Gasteiger partial charge < -0.3 is 5.73 Å². The maximum Gasteiger partial charge on any atom is 0.282 e. The molecule has 1 saturated heterocycles. The molecule has 2 fully saturated rings. The second kappa shape index (κ2) is 5.45. The molecule has 0 aromatic heterocycles. The number of nitrogens with two attached hydrogens (primary N) is 1. The van der Waals surface area contributed by atoms with Crippen molar-refractivity contribution in [3.05, 3.63) is 0 Å². The maximum absolute atomic E-state index is 12.6.